The third kappa shape index (κ3) is 2.60. The Balaban J connectivity index is 2.26. The molecule has 2 rings (SSSR count). The van der Waals surface area contributed by atoms with Crippen molar-refractivity contribution < 1.29 is 4.74 Å². The highest BCUT2D eigenvalue weighted by atomic mass is 79.9. The van der Waals surface area contributed by atoms with Crippen molar-refractivity contribution in [3.05, 3.63) is 20.8 Å². The van der Waals surface area contributed by atoms with Gasteiger partial charge in [-0.2, -0.15) is 11.3 Å². The van der Waals surface area contributed by atoms with Gasteiger partial charge in [-0.3, -0.25) is 0 Å². The van der Waals surface area contributed by atoms with E-state index in [4.69, 9.17) is 10.5 Å². The van der Waals surface area contributed by atoms with Gasteiger partial charge in [0, 0.05) is 17.0 Å². The molecule has 1 aliphatic rings. The lowest BCUT2D eigenvalue weighted by atomic mass is 9.73. The molecule has 0 aromatic carbocycles. The molecule has 1 aromatic heterocycles. The van der Waals surface area contributed by atoms with Gasteiger partial charge in [0.15, 0.2) is 0 Å². The average molecular weight is 318 g/mol. The lowest BCUT2D eigenvalue weighted by Gasteiger charge is -2.43. The average Bonchev–Trinajstić information content (AvgIpc) is 2.74. The molecule has 0 bridgehead atoms. The Morgan fingerprint density at radius 2 is 2.35 bits per heavy atom. The zero-order valence-corrected chi connectivity index (χ0v) is 12.8. The molecule has 1 saturated carbocycles. The summed E-state index contributed by atoms with van der Waals surface area (Å²) in [6, 6.07) is -0.0316. The van der Waals surface area contributed by atoms with Gasteiger partial charge in [0.2, 0.25) is 0 Å². The van der Waals surface area contributed by atoms with Gasteiger partial charge in [-0.15, -0.1) is 0 Å². The number of ether oxygens (including phenoxy) is 1. The summed E-state index contributed by atoms with van der Waals surface area (Å²) in [6.45, 7) is 2.29. The first kappa shape index (κ1) is 13.5. The van der Waals surface area contributed by atoms with E-state index in [-0.39, 0.29) is 11.6 Å². The van der Waals surface area contributed by atoms with Gasteiger partial charge in [-0.1, -0.05) is 19.8 Å². The second-order valence-electron chi connectivity index (χ2n) is 5.12. The molecular formula is C13H20BrNOS. The van der Waals surface area contributed by atoms with Crippen LogP contribution in [0.25, 0.3) is 0 Å². The second-order valence-corrected chi connectivity index (χ2v) is 6.72. The summed E-state index contributed by atoms with van der Waals surface area (Å²) in [5.41, 5.74) is 7.48. The molecule has 4 heteroatoms. The molecule has 2 N–H and O–H groups in total. The van der Waals surface area contributed by atoms with Crippen LogP contribution in [0.2, 0.25) is 0 Å². The third-order valence-electron chi connectivity index (χ3n) is 3.94. The minimum absolute atomic E-state index is 0.0316. The van der Waals surface area contributed by atoms with Crippen molar-refractivity contribution in [2.45, 2.75) is 44.2 Å². The van der Waals surface area contributed by atoms with Gasteiger partial charge in [-0.25, -0.2) is 0 Å². The van der Waals surface area contributed by atoms with E-state index < -0.39 is 0 Å². The highest BCUT2D eigenvalue weighted by Crippen LogP contribution is 2.44. The maximum Gasteiger partial charge on any atom is 0.0873 e. The van der Waals surface area contributed by atoms with E-state index >= 15 is 0 Å². The zero-order valence-electron chi connectivity index (χ0n) is 10.4. The zero-order chi connectivity index (χ0) is 12.5. The number of halogens is 1. The molecule has 96 valence electrons. The summed E-state index contributed by atoms with van der Waals surface area (Å²) in [5, 5.41) is 4.22. The Morgan fingerprint density at radius 1 is 1.59 bits per heavy atom. The fourth-order valence-corrected chi connectivity index (χ4v) is 4.52. The summed E-state index contributed by atoms with van der Waals surface area (Å²) < 4.78 is 6.96. The van der Waals surface area contributed by atoms with Crippen molar-refractivity contribution in [1.82, 2.24) is 0 Å². The number of methoxy groups -OCH3 is 1. The topological polar surface area (TPSA) is 35.2 Å². The van der Waals surface area contributed by atoms with Crippen LogP contribution in [0.4, 0.5) is 0 Å². The largest absolute Gasteiger partial charge is 0.376 e. The van der Waals surface area contributed by atoms with Crippen LogP contribution >= 0.6 is 27.3 Å². The molecular weight excluding hydrogens is 298 g/mol. The Hall–Kier alpha value is 0.100. The molecule has 0 radical (unpaired) electrons. The predicted octanol–water partition coefficient (Wildman–Crippen LogP) is 4.11. The lowest BCUT2D eigenvalue weighted by Crippen LogP contribution is -2.46. The van der Waals surface area contributed by atoms with Gasteiger partial charge in [0.25, 0.3) is 0 Å². The molecule has 0 amide bonds. The fourth-order valence-electron chi connectivity index (χ4n) is 2.94. The monoisotopic (exact) mass is 317 g/mol. The van der Waals surface area contributed by atoms with Crippen LogP contribution in [0.1, 0.15) is 44.2 Å². The molecule has 1 heterocycles. The number of hydrogen-bond donors (Lipinski definition) is 1. The first-order valence-electron chi connectivity index (χ1n) is 6.11. The molecule has 3 unspecified atom stereocenters. The van der Waals surface area contributed by atoms with E-state index in [1.807, 2.05) is 0 Å². The van der Waals surface area contributed by atoms with Crippen molar-refractivity contribution >= 4 is 27.3 Å². The van der Waals surface area contributed by atoms with Gasteiger partial charge in [-0.05, 0) is 45.6 Å². The van der Waals surface area contributed by atoms with E-state index in [2.05, 4.69) is 33.6 Å². The molecule has 3 atom stereocenters. The summed E-state index contributed by atoms with van der Waals surface area (Å²) in [4.78, 5) is 0. The molecule has 1 fully saturated rings. The van der Waals surface area contributed by atoms with Gasteiger partial charge < -0.3 is 10.5 Å². The summed E-state index contributed by atoms with van der Waals surface area (Å²) in [7, 11) is 1.80. The van der Waals surface area contributed by atoms with E-state index in [9.17, 15) is 0 Å². The van der Waals surface area contributed by atoms with Crippen LogP contribution in [0.15, 0.2) is 15.2 Å². The van der Waals surface area contributed by atoms with Gasteiger partial charge in [0.05, 0.1) is 11.6 Å². The Bertz CT molecular complexity index is 381. The summed E-state index contributed by atoms with van der Waals surface area (Å²) in [6.07, 6.45) is 4.64. The first-order chi connectivity index (χ1) is 8.09. The Morgan fingerprint density at radius 3 is 2.88 bits per heavy atom. The fraction of sp³-hybridized carbons (Fsp3) is 0.692. The normalized spacial score (nSPS) is 31.4. The third-order valence-corrected chi connectivity index (χ3v) is 5.69. The highest BCUT2D eigenvalue weighted by Gasteiger charge is 2.41. The molecule has 1 aromatic rings. The van der Waals surface area contributed by atoms with Crippen molar-refractivity contribution in [3.8, 4) is 0 Å². The molecule has 2 nitrogen and oxygen atoms in total. The number of thiophene rings is 1. The maximum atomic E-state index is 6.47. The molecule has 0 aliphatic heterocycles. The van der Waals surface area contributed by atoms with Crippen molar-refractivity contribution in [2.24, 2.45) is 11.7 Å². The molecule has 1 aliphatic carbocycles. The van der Waals surface area contributed by atoms with E-state index in [0.29, 0.717) is 5.92 Å². The standard InChI is InChI=1S/C13H20BrNOS/c1-9-4-3-5-13(6-9,16-2)12(15)10-7-17-8-11(10)14/h7-9,12H,3-6,15H2,1-2H3. The number of rotatable bonds is 3. The van der Waals surface area contributed by atoms with Crippen molar-refractivity contribution in [3.63, 3.8) is 0 Å². The minimum Gasteiger partial charge on any atom is -0.376 e. The summed E-state index contributed by atoms with van der Waals surface area (Å²) >= 11 is 5.26. The van der Waals surface area contributed by atoms with Crippen LogP contribution in [0.3, 0.4) is 0 Å². The van der Waals surface area contributed by atoms with Crippen molar-refractivity contribution in [1.29, 1.82) is 0 Å². The quantitative estimate of drug-likeness (QED) is 0.910. The predicted molar refractivity (Wildman–Crippen MR) is 76.3 cm³/mol. The van der Waals surface area contributed by atoms with Crippen LogP contribution in [-0.4, -0.2) is 12.7 Å². The molecule has 17 heavy (non-hydrogen) atoms. The van der Waals surface area contributed by atoms with Crippen LogP contribution in [0.5, 0.6) is 0 Å². The van der Waals surface area contributed by atoms with E-state index in [0.717, 1.165) is 17.3 Å². The minimum atomic E-state index is -0.179. The lowest BCUT2D eigenvalue weighted by molar-refractivity contribution is -0.0718. The maximum absolute atomic E-state index is 6.47. The Labute approximate surface area is 116 Å². The number of hydrogen-bond acceptors (Lipinski definition) is 3. The first-order valence-corrected chi connectivity index (χ1v) is 7.85. The van der Waals surface area contributed by atoms with E-state index in [1.165, 1.54) is 18.4 Å². The molecule has 0 spiro atoms. The Kier molecular flexibility index (Phi) is 4.29. The van der Waals surface area contributed by atoms with Crippen molar-refractivity contribution in [2.75, 3.05) is 7.11 Å². The number of nitrogens with two attached hydrogens (primary N) is 1. The van der Waals surface area contributed by atoms with E-state index in [1.54, 1.807) is 18.4 Å². The smallest absolute Gasteiger partial charge is 0.0873 e. The molecule has 0 saturated heterocycles. The van der Waals surface area contributed by atoms with Gasteiger partial charge in [0.1, 0.15) is 0 Å². The van der Waals surface area contributed by atoms with Crippen LogP contribution in [0, 0.1) is 5.92 Å². The highest BCUT2D eigenvalue weighted by molar-refractivity contribution is 9.10. The second kappa shape index (κ2) is 5.39. The van der Waals surface area contributed by atoms with Crippen LogP contribution in [-0.2, 0) is 4.74 Å². The SMILES string of the molecule is COC1(C(N)c2cscc2Br)CCCC(C)C1. The summed E-state index contributed by atoms with van der Waals surface area (Å²) in [5.74, 6) is 0.701. The van der Waals surface area contributed by atoms with Gasteiger partial charge >= 0.3 is 0 Å². The van der Waals surface area contributed by atoms with Crippen LogP contribution < -0.4 is 5.73 Å².